The van der Waals surface area contributed by atoms with Crippen LogP contribution in [-0.2, 0) is 4.79 Å². The summed E-state index contributed by atoms with van der Waals surface area (Å²) in [6.45, 7) is 0. The number of H-pyrrole nitrogens is 1. The van der Waals surface area contributed by atoms with E-state index in [0.29, 0.717) is 11.4 Å². The van der Waals surface area contributed by atoms with E-state index in [9.17, 15) is 4.79 Å². The predicted molar refractivity (Wildman–Crippen MR) is 82.6 cm³/mol. The molecule has 1 unspecified atom stereocenters. The Morgan fingerprint density at radius 1 is 1.24 bits per heavy atom. The molecule has 0 saturated carbocycles. The maximum Gasteiger partial charge on any atom is 0.225 e. The van der Waals surface area contributed by atoms with Crippen molar-refractivity contribution in [1.82, 2.24) is 9.97 Å². The van der Waals surface area contributed by atoms with Crippen LogP contribution in [0.1, 0.15) is 23.6 Å². The number of pyridine rings is 1. The molecule has 5 heteroatoms. The number of halogens is 1. The fraction of sp³-hybridized carbons (Fsp3) is 0.125. The van der Waals surface area contributed by atoms with Gasteiger partial charge in [0.15, 0.2) is 0 Å². The van der Waals surface area contributed by atoms with Crippen molar-refractivity contribution >= 4 is 34.1 Å². The Morgan fingerprint density at radius 3 is 2.95 bits per heavy atom. The number of rotatable bonds is 1. The molecular weight excluding hydrogens is 286 g/mol. The molecule has 1 aromatic carbocycles. The molecule has 3 heterocycles. The van der Waals surface area contributed by atoms with Crippen LogP contribution in [0.3, 0.4) is 0 Å². The van der Waals surface area contributed by atoms with Crippen molar-refractivity contribution in [2.45, 2.75) is 12.3 Å². The summed E-state index contributed by atoms with van der Waals surface area (Å²) in [5.74, 6) is -0.0678. The second-order valence-electron chi connectivity index (χ2n) is 5.16. The van der Waals surface area contributed by atoms with Gasteiger partial charge in [0.1, 0.15) is 0 Å². The molecule has 3 aromatic rings. The summed E-state index contributed by atoms with van der Waals surface area (Å²) in [6.07, 6.45) is 3.70. The van der Waals surface area contributed by atoms with E-state index in [0.717, 1.165) is 27.8 Å². The van der Waals surface area contributed by atoms with Crippen molar-refractivity contribution in [3.63, 3.8) is 0 Å². The van der Waals surface area contributed by atoms with Gasteiger partial charge in [0, 0.05) is 41.3 Å². The van der Waals surface area contributed by atoms with E-state index in [4.69, 9.17) is 11.6 Å². The van der Waals surface area contributed by atoms with Gasteiger partial charge in [-0.1, -0.05) is 29.8 Å². The summed E-state index contributed by atoms with van der Waals surface area (Å²) in [6, 6.07) is 9.82. The first-order valence-electron chi connectivity index (χ1n) is 6.74. The van der Waals surface area contributed by atoms with E-state index < -0.39 is 0 Å². The van der Waals surface area contributed by atoms with Crippen LogP contribution in [0.4, 0.5) is 5.69 Å². The zero-order chi connectivity index (χ0) is 14.4. The molecule has 2 aromatic heterocycles. The van der Waals surface area contributed by atoms with Gasteiger partial charge >= 0.3 is 0 Å². The molecule has 0 spiro atoms. The van der Waals surface area contributed by atoms with Crippen molar-refractivity contribution in [3.05, 3.63) is 59.0 Å². The summed E-state index contributed by atoms with van der Waals surface area (Å²) in [7, 11) is 0. The van der Waals surface area contributed by atoms with Crippen LogP contribution in [-0.4, -0.2) is 15.9 Å². The highest BCUT2D eigenvalue weighted by molar-refractivity contribution is 6.31. The Kier molecular flexibility index (Phi) is 2.72. The number of nitrogens with one attached hydrogen (secondary N) is 2. The number of aromatic amines is 1. The standard InChI is InChI=1S/C16H12ClN3O/c17-12-8-18-6-5-9(12)11-7-14(21)20-15-10-3-1-2-4-13(10)19-16(11)15/h1-6,8,11,19H,7H2,(H,20,21). The lowest BCUT2D eigenvalue weighted by atomic mass is 9.89. The second kappa shape index (κ2) is 4.60. The monoisotopic (exact) mass is 297 g/mol. The molecule has 4 rings (SSSR count). The minimum absolute atomic E-state index is 0.00475. The lowest BCUT2D eigenvalue weighted by molar-refractivity contribution is -0.116. The minimum Gasteiger partial charge on any atom is -0.356 e. The first-order valence-corrected chi connectivity index (χ1v) is 7.11. The number of aromatic nitrogens is 2. The fourth-order valence-corrected chi connectivity index (χ4v) is 3.22. The molecule has 1 amide bonds. The first kappa shape index (κ1) is 12.4. The van der Waals surface area contributed by atoms with Gasteiger partial charge in [-0.25, -0.2) is 0 Å². The maximum atomic E-state index is 12.1. The van der Waals surface area contributed by atoms with E-state index in [1.165, 1.54) is 0 Å². The zero-order valence-electron chi connectivity index (χ0n) is 11.1. The van der Waals surface area contributed by atoms with Crippen LogP contribution in [0.25, 0.3) is 10.9 Å². The first-order chi connectivity index (χ1) is 10.2. The molecule has 1 aliphatic rings. The molecule has 104 valence electrons. The smallest absolute Gasteiger partial charge is 0.225 e. The van der Waals surface area contributed by atoms with Gasteiger partial charge in [-0.2, -0.15) is 0 Å². The summed E-state index contributed by atoms with van der Waals surface area (Å²) in [4.78, 5) is 19.5. The number of carbonyl (C=O) groups excluding carboxylic acids is 1. The van der Waals surface area contributed by atoms with Crippen molar-refractivity contribution in [2.75, 3.05) is 5.32 Å². The third kappa shape index (κ3) is 1.91. The Labute approximate surface area is 126 Å². The molecule has 1 atom stereocenters. The van der Waals surface area contributed by atoms with Crippen LogP contribution >= 0.6 is 11.6 Å². The summed E-state index contributed by atoms with van der Waals surface area (Å²) >= 11 is 6.26. The maximum absolute atomic E-state index is 12.1. The van der Waals surface area contributed by atoms with Gasteiger partial charge in [0.05, 0.1) is 10.7 Å². The predicted octanol–water partition coefficient (Wildman–Crippen LogP) is 3.69. The zero-order valence-corrected chi connectivity index (χ0v) is 11.8. The van der Waals surface area contributed by atoms with Crippen LogP contribution in [0.2, 0.25) is 5.02 Å². The van der Waals surface area contributed by atoms with Gasteiger partial charge in [-0.15, -0.1) is 0 Å². The molecule has 0 fully saturated rings. The molecule has 1 aliphatic heterocycles. The Balaban J connectivity index is 1.96. The number of carbonyl (C=O) groups is 1. The lowest BCUT2D eigenvalue weighted by Crippen LogP contribution is -2.23. The van der Waals surface area contributed by atoms with Crippen molar-refractivity contribution in [1.29, 1.82) is 0 Å². The molecule has 4 nitrogen and oxygen atoms in total. The van der Waals surface area contributed by atoms with Crippen LogP contribution < -0.4 is 5.32 Å². The number of fused-ring (bicyclic) bond motifs is 3. The van der Waals surface area contributed by atoms with Crippen LogP contribution in [0, 0.1) is 0 Å². The SMILES string of the molecule is O=C1CC(c2ccncc2Cl)c2[nH]c3ccccc3c2N1. The van der Waals surface area contributed by atoms with Gasteiger partial charge in [0.2, 0.25) is 5.91 Å². The van der Waals surface area contributed by atoms with E-state index in [-0.39, 0.29) is 11.8 Å². The Morgan fingerprint density at radius 2 is 2.10 bits per heavy atom. The molecule has 2 N–H and O–H groups in total. The van der Waals surface area contributed by atoms with E-state index in [2.05, 4.69) is 15.3 Å². The van der Waals surface area contributed by atoms with Gasteiger partial charge in [0.25, 0.3) is 0 Å². The van der Waals surface area contributed by atoms with Crippen molar-refractivity contribution < 1.29 is 4.79 Å². The lowest BCUT2D eigenvalue weighted by Gasteiger charge is -2.23. The van der Waals surface area contributed by atoms with Gasteiger partial charge in [-0.3, -0.25) is 9.78 Å². The molecular formula is C16H12ClN3O. The summed E-state index contributed by atoms with van der Waals surface area (Å²) in [5.41, 5.74) is 3.80. The highest BCUT2D eigenvalue weighted by Gasteiger charge is 2.30. The highest BCUT2D eigenvalue weighted by atomic mass is 35.5. The van der Waals surface area contributed by atoms with Crippen LogP contribution in [0.5, 0.6) is 0 Å². The summed E-state index contributed by atoms with van der Waals surface area (Å²) < 4.78 is 0. The number of hydrogen-bond donors (Lipinski definition) is 2. The van der Waals surface area contributed by atoms with Gasteiger partial charge < -0.3 is 10.3 Å². The number of benzene rings is 1. The number of amides is 1. The average molecular weight is 298 g/mol. The number of para-hydroxylation sites is 1. The number of anilines is 1. The van der Waals surface area contributed by atoms with E-state index in [1.807, 2.05) is 30.3 Å². The second-order valence-corrected chi connectivity index (χ2v) is 5.57. The third-order valence-corrected chi connectivity index (χ3v) is 4.23. The van der Waals surface area contributed by atoms with Crippen LogP contribution in [0.15, 0.2) is 42.7 Å². The molecule has 21 heavy (non-hydrogen) atoms. The molecule has 0 bridgehead atoms. The molecule has 0 radical (unpaired) electrons. The number of nitrogens with zero attached hydrogens (tertiary/aromatic N) is 1. The van der Waals surface area contributed by atoms with Crippen molar-refractivity contribution in [2.24, 2.45) is 0 Å². The van der Waals surface area contributed by atoms with E-state index in [1.54, 1.807) is 12.4 Å². The fourth-order valence-electron chi connectivity index (χ4n) is 2.97. The van der Waals surface area contributed by atoms with Gasteiger partial charge in [-0.05, 0) is 17.7 Å². The minimum atomic E-state index is -0.0725. The largest absolute Gasteiger partial charge is 0.356 e. The van der Waals surface area contributed by atoms with E-state index >= 15 is 0 Å². The normalized spacial score (nSPS) is 17.6. The highest BCUT2D eigenvalue weighted by Crippen LogP contribution is 2.42. The molecule has 0 aliphatic carbocycles. The summed E-state index contributed by atoms with van der Waals surface area (Å²) in [5, 5.41) is 4.58. The average Bonchev–Trinajstić information content (AvgIpc) is 2.86. The Hall–Kier alpha value is -2.33. The quantitative estimate of drug-likeness (QED) is 0.719. The Bertz CT molecular complexity index is 856. The third-order valence-electron chi connectivity index (χ3n) is 3.92. The number of hydrogen-bond acceptors (Lipinski definition) is 2. The topological polar surface area (TPSA) is 57.8 Å². The molecule has 0 saturated heterocycles. The van der Waals surface area contributed by atoms with Crippen molar-refractivity contribution in [3.8, 4) is 0 Å².